The smallest absolute Gasteiger partial charge is 0.255 e. The third-order valence-electron chi connectivity index (χ3n) is 5.73. The molecule has 1 aliphatic rings. The Kier molecular flexibility index (Phi) is 5.76. The lowest BCUT2D eigenvalue weighted by molar-refractivity contribution is -0.128. The third kappa shape index (κ3) is 3.91. The van der Waals surface area contributed by atoms with Crippen LogP contribution in [0.5, 0.6) is 5.75 Å². The summed E-state index contributed by atoms with van der Waals surface area (Å²) in [7, 11) is 0. The number of rotatable bonds is 5. The maximum absolute atomic E-state index is 13.8. The summed E-state index contributed by atoms with van der Waals surface area (Å²) in [6.45, 7) is 6.49. The van der Waals surface area contributed by atoms with Crippen LogP contribution < -0.4 is 14.5 Å². The van der Waals surface area contributed by atoms with Crippen LogP contribution in [0, 0.1) is 13.8 Å². The molecule has 158 valence electrons. The number of anilines is 2. The number of piperazine rings is 1. The molecule has 5 heteroatoms. The van der Waals surface area contributed by atoms with Crippen molar-refractivity contribution in [3.8, 4) is 5.75 Å². The molecule has 0 bridgehead atoms. The second-order valence-corrected chi connectivity index (χ2v) is 7.65. The number of hydrogen-bond donors (Lipinski definition) is 0. The van der Waals surface area contributed by atoms with E-state index in [4.69, 9.17) is 4.74 Å². The van der Waals surface area contributed by atoms with Crippen molar-refractivity contribution in [3.05, 3.63) is 89.5 Å². The van der Waals surface area contributed by atoms with Gasteiger partial charge in [0.15, 0.2) is 0 Å². The van der Waals surface area contributed by atoms with Gasteiger partial charge in [-0.15, -0.1) is 0 Å². The van der Waals surface area contributed by atoms with Crippen LogP contribution >= 0.6 is 0 Å². The number of hydrogen-bond acceptors (Lipinski definition) is 3. The van der Waals surface area contributed by atoms with Crippen molar-refractivity contribution >= 4 is 23.2 Å². The van der Waals surface area contributed by atoms with Crippen LogP contribution in [0.2, 0.25) is 0 Å². The largest absolute Gasteiger partial charge is 0.494 e. The monoisotopic (exact) mass is 414 g/mol. The predicted molar refractivity (Wildman–Crippen MR) is 123 cm³/mol. The highest BCUT2D eigenvalue weighted by Gasteiger charge is 2.42. The predicted octanol–water partition coefficient (Wildman–Crippen LogP) is 4.82. The summed E-state index contributed by atoms with van der Waals surface area (Å²) in [5.41, 5.74) is 4.33. The molecule has 1 unspecified atom stereocenters. The van der Waals surface area contributed by atoms with Gasteiger partial charge in [-0.1, -0.05) is 42.5 Å². The molecule has 3 aromatic carbocycles. The van der Waals surface area contributed by atoms with Crippen molar-refractivity contribution in [1.82, 2.24) is 0 Å². The number of carbonyl (C=O) groups excluding carboxylic acids is 2. The molecule has 0 aliphatic carbocycles. The fourth-order valence-electron chi connectivity index (χ4n) is 4.01. The standard InChI is InChI=1S/C26H26N2O3/c1-4-31-22-15-13-21(14-16-22)28-24(29)17-27(23-12-8-9-18(2)19(23)3)26(30)25(28)20-10-6-5-7-11-20/h5-16,25H,4,17H2,1-3H3. The Hall–Kier alpha value is -3.60. The Labute approximate surface area is 182 Å². The number of carbonyl (C=O) groups is 2. The van der Waals surface area contributed by atoms with Gasteiger partial charge in [0.05, 0.1) is 6.61 Å². The van der Waals surface area contributed by atoms with E-state index in [2.05, 4.69) is 0 Å². The SMILES string of the molecule is CCOc1ccc(N2C(=O)CN(c3cccc(C)c3C)C(=O)C2c2ccccc2)cc1. The van der Waals surface area contributed by atoms with Gasteiger partial charge >= 0.3 is 0 Å². The number of amides is 2. The van der Waals surface area contributed by atoms with Gasteiger partial charge in [-0.25, -0.2) is 0 Å². The minimum Gasteiger partial charge on any atom is -0.494 e. The average Bonchev–Trinajstić information content (AvgIpc) is 2.78. The average molecular weight is 415 g/mol. The van der Waals surface area contributed by atoms with Crippen molar-refractivity contribution in [1.29, 1.82) is 0 Å². The molecule has 5 nitrogen and oxygen atoms in total. The van der Waals surface area contributed by atoms with E-state index in [0.29, 0.717) is 12.3 Å². The third-order valence-corrected chi connectivity index (χ3v) is 5.73. The minimum atomic E-state index is -0.736. The van der Waals surface area contributed by atoms with Crippen LogP contribution in [0.1, 0.15) is 29.7 Å². The lowest BCUT2D eigenvalue weighted by Crippen LogP contribution is -2.56. The van der Waals surface area contributed by atoms with Gasteiger partial charge in [-0.3, -0.25) is 14.5 Å². The van der Waals surface area contributed by atoms with Gasteiger partial charge in [-0.2, -0.15) is 0 Å². The molecule has 0 radical (unpaired) electrons. The van der Waals surface area contributed by atoms with E-state index in [0.717, 1.165) is 28.1 Å². The molecule has 0 N–H and O–H groups in total. The molecular formula is C26H26N2O3. The van der Waals surface area contributed by atoms with Gasteiger partial charge < -0.3 is 9.64 Å². The zero-order valence-electron chi connectivity index (χ0n) is 18.0. The number of ether oxygens (including phenoxy) is 1. The molecular weight excluding hydrogens is 388 g/mol. The summed E-state index contributed by atoms with van der Waals surface area (Å²) in [5.74, 6) is 0.488. The Morgan fingerprint density at radius 2 is 1.61 bits per heavy atom. The van der Waals surface area contributed by atoms with Crippen molar-refractivity contribution in [3.63, 3.8) is 0 Å². The van der Waals surface area contributed by atoms with Gasteiger partial charge in [0.2, 0.25) is 5.91 Å². The first-order chi connectivity index (χ1) is 15.0. The summed E-state index contributed by atoms with van der Waals surface area (Å²) in [5, 5.41) is 0. The zero-order valence-corrected chi connectivity index (χ0v) is 18.0. The molecule has 2 amide bonds. The molecule has 0 saturated carbocycles. The highest BCUT2D eigenvalue weighted by Crippen LogP contribution is 2.36. The van der Waals surface area contributed by atoms with Crippen LogP contribution in [0.3, 0.4) is 0 Å². The lowest BCUT2D eigenvalue weighted by Gasteiger charge is -2.41. The van der Waals surface area contributed by atoms with E-state index in [-0.39, 0.29) is 18.4 Å². The first-order valence-corrected chi connectivity index (χ1v) is 10.5. The number of aryl methyl sites for hydroxylation is 1. The van der Waals surface area contributed by atoms with Gasteiger partial charge in [0, 0.05) is 11.4 Å². The van der Waals surface area contributed by atoms with Gasteiger partial charge in [0.1, 0.15) is 18.3 Å². The maximum atomic E-state index is 13.8. The van der Waals surface area contributed by atoms with Crippen molar-refractivity contribution < 1.29 is 14.3 Å². The highest BCUT2D eigenvalue weighted by atomic mass is 16.5. The second kappa shape index (κ2) is 8.64. The Balaban J connectivity index is 1.78. The topological polar surface area (TPSA) is 49.9 Å². The molecule has 0 spiro atoms. The van der Waals surface area contributed by atoms with Gasteiger partial charge in [-0.05, 0) is 67.8 Å². The molecule has 4 rings (SSSR count). The first-order valence-electron chi connectivity index (χ1n) is 10.5. The van der Waals surface area contributed by atoms with Gasteiger partial charge in [0.25, 0.3) is 5.91 Å². The highest BCUT2D eigenvalue weighted by molar-refractivity contribution is 6.14. The summed E-state index contributed by atoms with van der Waals surface area (Å²) in [4.78, 5) is 30.4. The van der Waals surface area contributed by atoms with Crippen molar-refractivity contribution in [2.45, 2.75) is 26.8 Å². The summed E-state index contributed by atoms with van der Waals surface area (Å²) < 4.78 is 5.53. The molecule has 1 saturated heterocycles. The molecule has 1 atom stereocenters. The summed E-state index contributed by atoms with van der Waals surface area (Å²) >= 11 is 0. The fourth-order valence-corrected chi connectivity index (χ4v) is 4.01. The molecule has 3 aromatic rings. The van der Waals surface area contributed by atoms with Crippen molar-refractivity contribution in [2.24, 2.45) is 0 Å². The normalized spacial score (nSPS) is 16.5. The summed E-state index contributed by atoms with van der Waals surface area (Å²) in [6.07, 6.45) is 0. The van der Waals surface area contributed by atoms with Crippen molar-refractivity contribution in [2.75, 3.05) is 23.0 Å². The molecule has 1 heterocycles. The zero-order chi connectivity index (χ0) is 22.0. The van der Waals surface area contributed by atoms with Crippen LogP contribution in [-0.4, -0.2) is 25.0 Å². The Morgan fingerprint density at radius 3 is 2.29 bits per heavy atom. The minimum absolute atomic E-state index is 0.000326. The summed E-state index contributed by atoms with van der Waals surface area (Å²) in [6, 6.07) is 21.9. The second-order valence-electron chi connectivity index (χ2n) is 7.65. The lowest BCUT2D eigenvalue weighted by atomic mass is 9.98. The van der Waals surface area contributed by atoms with Crippen LogP contribution in [0.15, 0.2) is 72.8 Å². The van der Waals surface area contributed by atoms with E-state index < -0.39 is 6.04 Å². The maximum Gasteiger partial charge on any atom is 0.255 e. The number of benzene rings is 3. The van der Waals surface area contributed by atoms with E-state index >= 15 is 0 Å². The molecule has 1 fully saturated rings. The first kappa shape index (κ1) is 20.7. The molecule has 1 aliphatic heterocycles. The Morgan fingerprint density at radius 1 is 0.903 bits per heavy atom. The van der Waals surface area contributed by atoms with E-state index in [9.17, 15) is 9.59 Å². The van der Waals surface area contributed by atoms with E-state index in [1.54, 1.807) is 9.80 Å². The van der Waals surface area contributed by atoms with Crippen LogP contribution in [-0.2, 0) is 9.59 Å². The van der Waals surface area contributed by atoms with Crippen LogP contribution in [0.4, 0.5) is 11.4 Å². The van der Waals surface area contributed by atoms with Crippen LogP contribution in [0.25, 0.3) is 0 Å². The fraction of sp³-hybridized carbons (Fsp3) is 0.231. The quantitative estimate of drug-likeness (QED) is 0.601. The Bertz CT molecular complexity index is 1090. The van der Waals surface area contributed by atoms with E-state index in [1.807, 2.05) is 93.6 Å². The number of nitrogens with zero attached hydrogens (tertiary/aromatic N) is 2. The molecule has 31 heavy (non-hydrogen) atoms. The molecule has 0 aromatic heterocycles. The van der Waals surface area contributed by atoms with E-state index in [1.165, 1.54) is 0 Å².